The molecule has 0 aromatic heterocycles. The second kappa shape index (κ2) is 5.50. The summed E-state index contributed by atoms with van der Waals surface area (Å²) >= 11 is 0. The fraction of sp³-hybridized carbons (Fsp3) is 0.917. The maximum Gasteiger partial charge on any atom is 0.240 e. The van der Waals surface area contributed by atoms with Crippen molar-refractivity contribution in [1.82, 2.24) is 10.6 Å². The third-order valence-corrected chi connectivity index (χ3v) is 3.29. The SMILES string of the molecule is CCC1(C(=O)NCCC(C)C)CCCN1. The van der Waals surface area contributed by atoms with Gasteiger partial charge in [-0.2, -0.15) is 0 Å². The zero-order valence-corrected chi connectivity index (χ0v) is 10.2. The van der Waals surface area contributed by atoms with E-state index in [1.165, 1.54) is 0 Å². The summed E-state index contributed by atoms with van der Waals surface area (Å²) in [6.45, 7) is 8.22. The minimum absolute atomic E-state index is 0.197. The molecule has 1 rings (SSSR count). The average molecular weight is 212 g/mol. The van der Waals surface area contributed by atoms with Crippen molar-refractivity contribution >= 4 is 5.91 Å². The van der Waals surface area contributed by atoms with Crippen LogP contribution in [0, 0.1) is 5.92 Å². The van der Waals surface area contributed by atoms with E-state index in [9.17, 15) is 4.79 Å². The highest BCUT2D eigenvalue weighted by atomic mass is 16.2. The first-order valence-corrected chi connectivity index (χ1v) is 6.14. The second-order valence-electron chi connectivity index (χ2n) is 4.90. The maximum absolute atomic E-state index is 12.0. The highest BCUT2D eigenvalue weighted by Crippen LogP contribution is 2.22. The predicted octanol–water partition coefficient (Wildman–Crippen LogP) is 1.68. The van der Waals surface area contributed by atoms with Gasteiger partial charge in [0.25, 0.3) is 0 Å². The van der Waals surface area contributed by atoms with Gasteiger partial charge in [0.1, 0.15) is 0 Å². The topological polar surface area (TPSA) is 41.1 Å². The highest BCUT2D eigenvalue weighted by molar-refractivity contribution is 5.86. The molecular weight excluding hydrogens is 188 g/mol. The fourth-order valence-corrected chi connectivity index (χ4v) is 2.11. The number of nitrogens with one attached hydrogen (secondary N) is 2. The second-order valence-corrected chi connectivity index (χ2v) is 4.90. The molecule has 1 amide bonds. The predicted molar refractivity (Wildman–Crippen MR) is 62.7 cm³/mol. The van der Waals surface area contributed by atoms with Crippen LogP contribution in [-0.2, 0) is 4.79 Å². The van der Waals surface area contributed by atoms with Crippen LogP contribution in [-0.4, -0.2) is 24.5 Å². The van der Waals surface area contributed by atoms with Crippen LogP contribution in [0.2, 0.25) is 0 Å². The third-order valence-electron chi connectivity index (χ3n) is 3.29. The number of hydrogen-bond acceptors (Lipinski definition) is 2. The monoisotopic (exact) mass is 212 g/mol. The van der Waals surface area contributed by atoms with Crippen molar-refractivity contribution in [3.8, 4) is 0 Å². The molecule has 1 unspecified atom stereocenters. The number of carbonyl (C=O) groups excluding carboxylic acids is 1. The molecule has 1 fully saturated rings. The molecule has 1 atom stereocenters. The van der Waals surface area contributed by atoms with E-state index in [0.29, 0.717) is 5.92 Å². The fourth-order valence-electron chi connectivity index (χ4n) is 2.11. The number of hydrogen-bond donors (Lipinski definition) is 2. The lowest BCUT2D eigenvalue weighted by Crippen LogP contribution is -2.53. The highest BCUT2D eigenvalue weighted by Gasteiger charge is 2.38. The third kappa shape index (κ3) is 3.20. The molecule has 0 radical (unpaired) electrons. The molecule has 88 valence electrons. The lowest BCUT2D eigenvalue weighted by Gasteiger charge is -2.26. The maximum atomic E-state index is 12.0. The van der Waals surface area contributed by atoms with Gasteiger partial charge in [-0.05, 0) is 38.1 Å². The molecule has 0 spiro atoms. The number of carbonyl (C=O) groups is 1. The largest absolute Gasteiger partial charge is 0.354 e. The Kier molecular flexibility index (Phi) is 4.58. The van der Waals surface area contributed by atoms with E-state index < -0.39 is 0 Å². The van der Waals surface area contributed by atoms with Gasteiger partial charge in [0, 0.05) is 6.54 Å². The van der Waals surface area contributed by atoms with Gasteiger partial charge in [0.05, 0.1) is 5.54 Å². The molecule has 1 saturated heterocycles. The molecule has 1 heterocycles. The summed E-state index contributed by atoms with van der Waals surface area (Å²) in [5.74, 6) is 0.850. The van der Waals surface area contributed by atoms with Crippen molar-refractivity contribution in [2.45, 2.75) is 52.0 Å². The first kappa shape index (κ1) is 12.5. The van der Waals surface area contributed by atoms with Crippen LogP contribution in [0.15, 0.2) is 0 Å². The summed E-state index contributed by atoms with van der Waals surface area (Å²) in [7, 11) is 0. The molecule has 0 saturated carbocycles. The van der Waals surface area contributed by atoms with Gasteiger partial charge in [-0.1, -0.05) is 20.8 Å². The molecule has 0 aliphatic carbocycles. The van der Waals surface area contributed by atoms with Crippen LogP contribution in [0.4, 0.5) is 0 Å². The summed E-state index contributed by atoms with van der Waals surface area (Å²) in [5.41, 5.74) is -0.267. The Labute approximate surface area is 93.0 Å². The van der Waals surface area contributed by atoms with Crippen molar-refractivity contribution in [3.05, 3.63) is 0 Å². The summed E-state index contributed by atoms with van der Waals surface area (Å²) in [6.07, 6.45) is 4.05. The Bertz CT molecular complexity index is 208. The molecule has 0 aromatic carbocycles. The van der Waals surface area contributed by atoms with Crippen LogP contribution in [0.1, 0.15) is 46.5 Å². The minimum Gasteiger partial charge on any atom is -0.354 e. The van der Waals surface area contributed by atoms with Crippen LogP contribution >= 0.6 is 0 Å². The molecule has 0 bridgehead atoms. The van der Waals surface area contributed by atoms with E-state index >= 15 is 0 Å². The normalized spacial score (nSPS) is 25.9. The quantitative estimate of drug-likeness (QED) is 0.728. The lowest BCUT2D eigenvalue weighted by molar-refractivity contribution is -0.127. The zero-order valence-electron chi connectivity index (χ0n) is 10.2. The Balaban J connectivity index is 2.37. The average Bonchev–Trinajstić information content (AvgIpc) is 2.66. The first-order chi connectivity index (χ1) is 7.10. The molecule has 3 heteroatoms. The first-order valence-electron chi connectivity index (χ1n) is 6.14. The van der Waals surface area contributed by atoms with E-state index in [-0.39, 0.29) is 11.4 Å². The van der Waals surface area contributed by atoms with Gasteiger partial charge in [0.2, 0.25) is 5.91 Å². The summed E-state index contributed by atoms with van der Waals surface area (Å²) in [5, 5.41) is 6.39. The van der Waals surface area contributed by atoms with Gasteiger partial charge >= 0.3 is 0 Å². The smallest absolute Gasteiger partial charge is 0.240 e. The van der Waals surface area contributed by atoms with E-state index in [1.807, 2.05) is 0 Å². The molecule has 1 aliphatic heterocycles. The number of rotatable bonds is 5. The van der Waals surface area contributed by atoms with Crippen LogP contribution in [0.3, 0.4) is 0 Å². The van der Waals surface area contributed by atoms with E-state index in [0.717, 1.165) is 38.8 Å². The Morgan fingerprint density at radius 1 is 1.53 bits per heavy atom. The molecule has 0 aromatic rings. The van der Waals surface area contributed by atoms with Gasteiger partial charge in [-0.15, -0.1) is 0 Å². The van der Waals surface area contributed by atoms with Crippen LogP contribution in [0.25, 0.3) is 0 Å². The molecule has 15 heavy (non-hydrogen) atoms. The Morgan fingerprint density at radius 2 is 2.27 bits per heavy atom. The molecular formula is C12H24N2O. The summed E-state index contributed by atoms with van der Waals surface area (Å²) < 4.78 is 0. The van der Waals surface area contributed by atoms with Crippen molar-refractivity contribution in [2.75, 3.05) is 13.1 Å². The number of amides is 1. The van der Waals surface area contributed by atoms with E-state index in [2.05, 4.69) is 31.4 Å². The Morgan fingerprint density at radius 3 is 2.73 bits per heavy atom. The van der Waals surface area contributed by atoms with Gasteiger partial charge < -0.3 is 10.6 Å². The molecule has 2 N–H and O–H groups in total. The van der Waals surface area contributed by atoms with Crippen molar-refractivity contribution < 1.29 is 4.79 Å². The standard InChI is InChI=1S/C12H24N2O/c1-4-12(7-5-8-14-12)11(15)13-9-6-10(2)3/h10,14H,4-9H2,1-3H3,(H,13,15). The van der Waals surface area contributed by atoms with Crippen LogP contribution < -0.4 is 10.6 Å². The van der Waals surface area contributed by atoms with Crippen molar-refractivity contribution in [2.24, 2.45) is 5.92 Å². The zero-order chi connectivity index (χ0) is 11.3. The Hall–Kier alpha value is -0.570. The van der Waals surface area contributed by atoms with Crippen molar-refractivity contribution in [3.63, 3.8) is 0 Å². The van der Waals surface area contributed by atoms with E-state index in [1.54, 1.807) is 0 Å². The van der Waals surface area contributed by atoms with E-state index in [4.69, 9.17) is 0 Å². The molecule has 1 aliphatic rings. The van der Waals surface area contributed by atoms with Gasteiger partial charge in [-0.25, -0.2) is 0 Å². The summed E-state index contributed by atoms with van der Waals surface area (Å²) in [6, 6.07) is 0. The molecule has 3 nitrogen and oxygen atoms in total. The summed E-state index contributed by atoms with van der Waals surface area (Å²) in [4.78, 5) is 12.0. The minimum atomic E-state index is -0.267. The van der Waals surface area contributed by atoms with Crippen LogP contribution in [0.5, 0.6) is 0 Å². The lowest BCUT2D eigenvalue weighted by atomic mass is 9.93. The van der Waals surface area contributed by atoms with Crippen molar-refractivity contribution in [1.29, 1.82) is 0 Å². The van der Waals surface area contributed by atoms with Gasteiger partial charge in [0.15, 0.2) is 0 Å². The van der Waals surface area contributed by atoms with Gasteiger partial charge in [-0.3, -0.25) is 4.79 Å².